The van der Waals surface area contributed by atoms with E-state index in [4.69, 9.17) is 0 Å². The van der Waals surface area contributed by atoms with Crippen LogP contribution in [0.25, 0.3) is 0 Å². The maximum atomic E-state index is 12.6. The first-order chi connectivity index (χ1) is 9.45. The highest BCUT2D eigenvalue weighted by atomic mass is 79.9. The van der Waals surface area contributed by atoms with E-state index in [9.17, 15) is 13.2 Å². The molecule has 0 atom stereocenters. The molecule has 0 bridgehead atoms. The van der Waals surface area contributed by atoms with Gasteiger partial charge in [-0.2, -0.15) is 13.2 Å². The molecule has 2 aromatic carbocycles. The van der Waals surface area contributed by atoms with Crippen molar-refractivity contribution in [3.05, 3.63) is 69.7 Å². The number of hydrogen-bond acceptors (Lipinski definition) is 1. The zero-order valence-electron chi connectivity index (χ0n) is 10.5. The van der Waals surface area contributed by atoms with Crippen molar-refractivity contribution < 1.29 is 13.2 Å². The van der Waals surface area contributed by atoms with Crippen LogP contribution in [0.15, 0.2) is 53.0 Å². The highest BCUT2D eigenvalue weighted by Crippen LogP contribution is 2.29. The van der Waals surface area contributed by atoms with Crippen molar-refractivity contribution in [2.24, 2.45) is 0 Å². The summed E-state index contributed by atoms with van der Waals surface area (Å²) in [5, 5.41) is 3.13. The third-order valence-corrected chi connectivity index (χ3v) is 3.35. The molecule has 0 aromatic heterocycles. The van der Waals surface area contributed by atoms with E-state index in [1.807, 2.05) is 24.3 Å². The molecule has 0 heterocycles. The molecule has 0 radical (unpaired) electrons. The molecule has 1 N–H and O–H groups in total. The first-order valence-corrected chi connectivity index (χ1v) is 6.86. The van der Waals surface area contributed by atoms with E-state index in [1.54, 1.807) is 6.07 Å². The van der Waals surface area contributed by atoms with E-state index in [1.165, 1.54) is 12.1 Å². The average molecular weight is 344 g/mol. The minimum Gasteiger partial charge on any atom is -0.309 e. The van der Waals surface area contributed by atoms with Crippen LogP contribution in [0.4, 0.5) is 13.2 Å². The smallest absolute Gasteiger partial charge is 0.309 e. The van der Waals surface area contributed by atoms with E-state index in [0.29, 0.717) is 18.7 Å². The van der Waals surface area contributed by atoms with Crippen LogP contribution in [0.3, 0.4) is 0 Å². The summed E-state index contributed by atoms with van der Waals surface area (Å²) in [5.74, 6) is 0. The van der Waals surface area contributed by atoms with Gasteiger partial charge in [-0.25, -0.2) is 0 Å². The van der Waals surface area contributed by atoms with Gasteiger partial charge in [0.15, 0.2) is 0 Å². The minimum atomic E-state index is -4.29. The molecule has 0 unspecified atom stereocenters. The number of benzene rings is 2. The molecule has 0 aliphatic carbocycles. The van der Waals surface area contributed by atoms with Gasteiger partial charge in [-0.15, -0.1) is 0 Å². The van der Waals surface area contributed by atoms with Gasteiger partial charge in [0.05, 0.1) is 5.56 Å². The fraction of sp³-hybridized carbons (Fsp3) is 0.200. The van der Waals surface area contributed by atoms with Crippen molar-refractivity contribution in [3.8, 4) is 0 Å². The van der Waals surface area contributed by atoms with Crippen molar-refractivity contribution in [1.29, 1.82) is 0 Å². The Hall–Kier alpha value is -1.33. The molecule has 0 aliphatic rings. The van der Waals surface area contributed by atoms with Crippen LogP contribution >= 0.6 is 15.9 Å². The molecular formula is C15H13BrF3N. The maximum absolute atomic E-state index is 12.6. The number of nitrogens with one attached hydrogen (secondary N) is 1. The van der Waals surface area contributed by atoms with Gasteiger partial charge in [-0.3, -0.25) is 0 Å². The molecule has 0 saturated carbocycles. The molecule has 2 rings (SSSR count). The maximum Gasteiger partial charge on any atom is 0.416 e. The molecule has 0 aliphatic heterocycles. The molecule has 0 spiro atoms. The normalized spacial score (nSPS) is 11.6. The van der Waals surface area contributed by atoms with Crippen LogP contribution in [-0.2, 0) is 19.3 Å². The topological polar surface area (TPSA) is 12.0 Å². The van der Waals surface area contributed by atoms with E-state index < -0.39 is 11.7 Å². The quantitative estimate of drug-likeness (QED) is 0.843. The Labute approximate surface area is 123 Å². The fourth-order valence-electron chi connectivity index (χ4n) is 1.81. The van der Waals surface area contributed by atoms with Crippen LogP contribution in [0.5, 0.6) is 0 Å². The number of hydrogen-bond donors (Lipinski definition) is 1. The van der Waals surface area contributed by atoms with Gasteiger partial charge in [-0.05, 0) is 29.3 Å². The summed E-state index contributed by atoms with van der Waals surface area (Å²) >= 11 is 3.35. The molecule has 0 fully saturated rings. The molecule has 0 amide bonds. The summed E-state index contributed by atoms with van der Waals surface area (Å²) in [6.07, 6.45) is -4.29. The Bertz CT molecular complexity index is 564. The van der Waals surface area contributed by atoms with Gasteiger partial charge in [0.1, 0.15) is 0 Å². The van der Waals surface area contributed by atoms with Gasteiger partial charge >= 0.3 is 6.18 Å². The van der Waals surface area contributed by atoms with Crippen LogP contribution in [0.1, 0.15) is 16.7 Å². The first-order valence-electron chi connectivity index (χ1n) is 6.06. The van der Waals surface area contributed by atoms with Crippen LogP contribution < -0.4 is 5.32 Å². The second kappa shape index (κ2) is 6.41. The summed E-state index contributed by atoms with van der Waals surface area (Å²) in [5.41, 5.74) is 1.09. The van der Waals surface area contributed by atoms with Gasteiger partial charge < -0.3 is 5.32 Å². The Morgan fingerprint density at radius 1 is 0.900 bits per heavy atom. The van der Waals surface area contributed by atoms with Crippen molar-refractivity contribution in [2.45, 2.75) is 19.3 Å². The van der Waals surface area contributed by atoms with Crippen LogP contribution in [0.2, 0.25) is 0 Å². The predicted molar refractivity (Wildman–Crippen MR) is 76.1 cm³/mol. The SMILES string of the molecule is FC(F)(F)c1cccc(CNCc2ccc(Br)cc2)c1. The zero-order chi connectivity index (χ0) is 14.6. The lowest BCUT2D eigenvalue weighted by Crippen LogP contribution is -2.13. The summed E-state index contributed by atoms with van der Waals surface area (Å²) < 4.78 is 38.7. The zero-order valence-corrected chi connectivity index (χ0v) is 12.1. The third kappa shape index (κ3) is 4.35. The van der Waals surface area contributed by atoms with Crippen molar-refractivity contribution in [2.75, 3.05) is 0 Å². The van der Waals surface area contributed by atoms with Crippen molar-refractivity contribution in [1.82, 2.24) is 5.32 Å². The van der Waals surface area contributed by atoms with E-state index >= 15 is 0 Å². The largest absolute Gasteiger partial charge is 0.416 e. The molecule has 2 aromatic rings. The van der Waals surface area contributed by atoms with Gasteiger partial charge in [0, 0.05) is 17.6 Å². The molecular weight excluding hydrogens is 331 g/mol. The second-order valence-corrected chi connectivity index (χ2v) is 5.34. The molecule has 20 heavy (non-hydrogen) atoms. The Balaban J connectivity index is 1.93. The Kier molecular flexibility index (Phi) is 4.83. The third-order valence-electron chi connectivity index (χ3n) is 2.83. The first kappa shape index (κ1) is 15.1. The number of halogens is 4. The van der Waals surface area contributed by atoms with Crippen LogP contribution in [0, 0.1) is 0 Å². The highest BCUT2D eigenvalue weighted by Gasteiger charge is 2.30. The molecule has 106 valence electrons. The number of alkyl halides is 3. The molecule has 5 heteroatoms. The van der Waals surface area contributed by atoms with Crippen molar-refractivity contribution in [3.63, 3.8) is 0 Å². The summed E-state index contributed by atoms with van der Waals surface area (Å²) in [6.45, 7) is 1.02. The van der Waals surface area contributed by atoms with E-state index in [-0.39, 0.29) is 0 Å². The van der Waals surface area contributed by atoms with Gasteiger partial charge in [0.2, 0.25) is 0 Å². The predicted octanol–water partition coefficient (Wildman–Crippen LogP) is 4.76. The summed E-state index contributed by atoms with van der Waals surface area (Å²) in [6, 6.07) is 13.2. The van der Waals surface area contributed by atoms with Gasteiger partial charge in [-0.1, -0.05) is 46.3 Å². The summed E-state index contributed by atoms with van der Waals surface area (Å²) in [7, 11) is 0. The highest BCUT2D eigenvalue weighted by molar-refractivity contribution is 9.10. The van der Waals surface area contributed by atoms with Crippen molar-refractivity contribution >= 4 is 15.9 Å². The Morgan fingerprint density at radius 2 is 1.55 bits per heavy atom. The minimum absolute atomic E-state index is 0.403. The fourth-order valence-corrected chi connectivity index (χ4v) is 2.08. The van der Waals surface area contributed by atoms with Gasteiger partial charge in [0.25, 0.3) is 0 Å². The van der Waals surface area contributed by atoms with E-state index in [2.05, 4.69) is 21.2 Å². The average Bonchev–Trinajstić information content (AvgIpc) is 2.40. The van der Waals surface area contributed by atoms with Crippen LogP contribution in [-0.4, -0.2) is 0 Å². The molecule has 0 saturated heterocycles. The monoisotopic (exact) mass is 343 g/mol. The van der Waals surface area contributed by atoms with E-state index in [0.717, 1.165) is 16.1 Å². The lowest BCUT2D eigenvalue weighted by molar-refractivity contribution is -0.137. The molecule has 1 nitrogen and oxygen atoms in total. The Morgan fingerprint density at radius 3 is 2.20 bits per heavy atom. The lowest BCUT2D eigenvalue weighted by Gasteiger charge is -2.09. The second-order valence-electron chi connectivity index (χ2n) is 4.43. The standard InChI is InChI=1S/C15H13BrF3N/c16-14-6-4-11(5-7-14)9-20-10-12-2-1-3-13(8-12)15(17,18)19/h1-8,20H,9-10H2. The lowest BCUT2D eigenvalue weighted by atomic mass is 10.1. The number of rotatable bonds is 4. The summed E-state index contributed by atoms with van der Waals surface area (Å²) in [4.78, 5) is 0.